The van der Waals surface area contributed by atoms with Crippen LogP contribution in [0.4, 0.5) is 0 Å². The van der Waals surface area contributed by atoms with Gasteiger partial charge in [0.05, 0.1) is 17.4 Å². The molecule has 1 fully saturated rings. The molecule has 188 valence electrons. The lowest BCUT2D eigenvalue weighted by molar-refractivity contribution is -0.140. The number of carboxylic acid groups (broad SMARTS) is 1. The zero-order chi connectivity index (χ0) is 24.9. The number of nitrogens with zero attached hydrogens (tertiary/aromatic N) is 2. The number of fused-ring (bicyclic) bond motifs is 1. The van der Waals surface area contributed by atoms with E-state index in [4.69, 9.17) is 9.72 Å². The Morgan fingerprint density at radius 3 is 2.66 bits per heavy atom. The molecule has 7 nitrogen and oxygen atoms in total. The van der Waals surface area contributed by atoms with Gasteiger partial charge < -0.3 is 15.2 Å². The first-order chi connectivity index (χ1) is 16.8. The maximum absolute atomic E-state index is 12.7. The van der Waals surface area contributed by atoms with Gasteiger partial charge in [0.2, 0.25) is 0 Å². The van der Waals surface area contributed by atoms with E-state index in [0.717, 1.165) is 43.4 Å². The van der Waals surface area contributed by atoms with E-state index in [1.807, 2.05) is 19.9 Å². The van der Waals surface area contributed by atoms with Crippen molar-refractivity contribution in [3.8, 4) is 0 Å². The summed E-state index contributed by atoms with van der Waals surface area (Å²) < 4.78 is 5.92. The van der Waals surface area contributed by atoms with E-state index in [0.29, 0.717) is 23.8 Å². The molecule has 7 heteroatoms. The molecule has 2 aliphatic rings. The molecular weight excluding hydrogens is 442 g/mol. The van der Waals surface area contributed by atoms with Crippen molar-refractivity contribution in [2.75, 3.05) is 6.61 Å². The Bertz CT molecular complexity index is 1050. The molecule has 1 amide bonds. The fourth-order valence-corrected chi connectivity index (χ4v) is 5.37. The van der Waals surface area contributed by atoms with Crippen LogP contribution in [-0.2, 0) is 28.8 Å². The molecule has 4 rings (SSSR count). The third-order valence-electron chi connectivity index (χ3n) is 7.35. The quantitative estimate of drug-likeness (QED) is 0.527. The molecule has 0 bridgehead atoms. The number of ether oxygens (including phenoxy) is 1. The highest BCUT2D eigenvalue weighted by atomic mass is 16.5. The van der Waals surface area contributed by atoms with Crippen LogP contribution >= 0.6 is 0 Å². The topological polar surface area (TPSA) is 101 Å². The number of hydrogen-bond donors (Lipinski definition) is 2. The highest BCUT2D eigenvalue weighted by Crippen LogP contribution is 2.34. The number of nitrogens with one attached hydrogen (secondary N) is 1. The minimum absolute atomic E-state index is 0.174. The molecule has 2 aromatic heterocycles. The van der Waals surface area contributed by atoms with Gasteiger partial charge in [-0.3, -0.25) is 14.8 Å². The summed E-state index contributed by atoms with van der Waals surface area (Å²) in [6, 6.07) is 5.29. The average Bonchev–Trinajstić information content (AvgIpc) is 2.78. The van der Waals surface area contributed by atoms with E-state index in [-0.39, 0.29) is 12.5 Å². The van der Waals surface area contributed by atoms with Crippen LogP contribution in [0.5, 0.6) is 0 Å². The fourth-order valence-electron chi connectivity index (χ4n) is 5.37. The Balaban J connectivity index is 1.18. The molecule has 0 unspecified atom stereocenters. The Hall–Kier alpha value is -2.80. The summed E-state index contributed by atoms with van der Waals surface area (Å²) >= 11 is 0. The minimum atomic E-state index is -1.05. The number of amides is 1. The summed E-state index contributed by atoms with van der Waals surface area (Å²) in [5, 5.41) is 12.2. The van der Waals surface area contributed by atoms with Gasteiger partial charge in [-0.2, -0.15) is 0 Å². The van der Waals surface area contributed by atoms with E-state index in [1.54, 1.807) is 6.92 Å². The fraction of sp³-hybridized carbons (Fsp3) is 0.571. The molecule has 2 aromatic rings. The summed E-state index contributed by atoms with van der Waals surface area (Å²) in [5.41, 5.74) is 6.59. The van der Waals surface area contributed by atoms with Crippen LogP contribution in [0.25, 0.3) is 0 Å². The summed E-state index contributed by atoms with van der Waals surface area (Å²) in [5.74, 6) is -0.825. The van der Waals surface area contributed by atoms with Crippen molar-refractivity contribution in [3.63, 3.8) is 0 Å². The van der Waals surface area contributed by atoms with Gasteiger partial charge in [-0.15, -0.1) is 0 Å². The van der Waals surface area contributed by atoms with Crippen molar-refractivity contribution < 1.29 is 19.4 Å². The van der Waals surface area contributed by atoms with Crippen molar-refractivity contribution >= 4 is 11.9 Å². The molecular formula is C28H37N3O4. The largest absolute Gasteiger partial charge is 0.480 e. The third kappa shape index (κ3) is 6.45. The number of carboxylic acids is 1. The van der Waals surface area contributed by atoms with Crippen molar-refractivity contribution in [1.29, 1.82) is 0 Å². The summed E-state index contributed by atoms with van der Waals surface area (Å²) in [6.07, 6.45) is 9.34. The maximum atomic E-state index is 12.7. The average molecular weight is 480 g/mol. The standard InChI is InChI=1S/C28H37N3O4/c1-17-14-18(2)29-19(3)26(17)27(32)31-25(28(33)34)12-13-35-23-15-20(16-23)8-10-22-11-9-21-6-4-5-7-24(21)30-22/h9,11,14,20,23,25H,4-8,10,12-13,15-16H2,1-3H3,(H,31,32)(H,33,34)/t20?,23?,25-/m0/s1. The predicted octanol–water partition coefficient (Wildman–Crippen LogP) is 4.28. The molecule has 0 radical (unpaired) electrons. The van der Waals surface area contributed by atoms with Crippen LogP contribution in [0.15, 0.2) is 18.2 Å². The Kier molecular flexibility index (Phi) is 8.16. The normalized spacial score (nSPS) is 20.0. The Morgan fingerprint density at radius 2 is 1.91 bits per heavy atom. The monoisotopic (exact) mass is 479 g/mol. The lowest BCUT2D eigenvalue weighted by atomic mass is 9.79. The zero-order valence-corrected chi connectivity index (χ0v) is 21.1. The number of hydrogen-bond acceptors (Lipinski definition) is 5. The number of pyridine rings is 2. The van der Waals surface area contributed by atoms with Gasteiger partial charge >= 0.3 is 5.97 Å². The first-order valence-electron chi connectivity index (χ1n) is 12.9. The molecule has 0 aromatic carbocycles. The van der Waals surface area contributed by atoms with Crippen LogP contribution in [0.3, 0.4) is 0 Å². The van der Waals surface area contributed by atoms with Gasteiger partial charge in [-0.25, -0.2) is 4.79 Å². The number of rotatable bonds is 10. The molecule has 1 saturated carbocycles. The predicted molar refractivity (Wildman–Crippen MR) is 134 cm³/mol. The molecule has 0 aliphatic heterocycles. The molecule has 2 heterocycles. The van der Waals surface area contributed by atoms with Crippen LogP contribution in [0.1, 0.15) is 82.8 Å². The molecule has 0 saturated heterocycles. The van der Waals surface area contributed by atoms with Gasteiger partial charge in [-0.1, -0.05) is 6.07 Å². The second-order valence-corrected chi connectivity index (χ2v) is 10.2. The van der Waals surface area contributed by atoms with Crippen LogP contribution in [-0.4, -0.2) is 45.7 Å². The zero-order valence-electron chi connectivity index (χ0n) is 21.1. The van der Waals surface area contributed by atoms with Gasteiger partial charge in [0.1, 0.15) is 6.04 Å². The van der Waals surface area contributed by atoms with E-state index < -0.39 is 17.9 Å². The van der Waals surface area contributed by atoms with Gasteiger partial charge in [0.25, 0.3) is 5.91 Å². The lowest BCUT2D eigenvalue weighted by Gasteiger charge is -2.35. The van der Waals surface area contributed by atoms with Crippen molar-refractivity contribution in [2.24, 2.45) is 5.92 Å². The van der Waals surface area contributed by atoms with Crippen LogP contribution in [0, 0.1) is 26.7 Å². The highest BCUT2D eigenvalue weighted by Gasteiger charge is 2.30. The molecule has 0 spiro atoms. The van der Waals surface area contributed by atoms with Gasteiger partial charge in [0.15, 0.2) is 0 Å². The number of carbonyl (C=O) groups is 2. The molecule has 35 heavy (non-hydrogen) atoms. The number of aliphatic carboxylic acids is 1. The second-order valence-electron chi connectivity index (χ2n) is 10.2. The number of aromatic nitrogens is 2. The lowest BCUT2D eigenvalue weighted by Crippen LogP contribution is -2.42. The summed E-state index contributed by atoms with van der Waals surface area (Å²) in [6.45, 7) is 5.78. The Labute approximate surface area is 207 Å². The SMILES string of the molecule is Cc1cc(C)c(C(=O)N[C@@H](CCOC2CC(CCc3ccc4c(n3)CCCC4)C2)C(=O)O)c(C)n1. The van der Waals surface area contributed by atoms with Gasteiger partial charge in [-0.05, 0) is 101 Å². The molecule has 2 aliphatic carbocycles. The highest BCUT2D eigenvalue weighted by molar-refractivity contribution is 5.98. The van der Waals surface area contributed by atoms with Crippen LogP contribution in [0.2, 0.25) is 0 Å². The van der Waals surface area contributed by atoms with E-state index in [9.17, 15) is 14.7 Å². The van der Waals surface area contributed by atoms with Crippen molar-refractivity contribution in [1.82, 2.24) is 15.3 Å². The Morgan fingerprint density at radius 1 is 1.14 bits per heavy atom. The molecule has 1 atom stereocenters. The van der Waals surface area contributed by atoms with E-state index in [1.165, 1.54) is 36.2 Å². The second kappa shape index (κ2) is 11.3. The van der Waals surface area contributed by atoms with Crippen molar-refractivity contribution in [3.05, 3.63) is 57.7 Å². The third-order valence-corrected chi connectivity index (χ3v) is 7.35. The summed E-state index contributed by atoms with van der Waals surface area (Å²) in [7, 11) is 0. The number of carbonyl (C=O) groups excluding carboxylic acids is 1. The molecule has 2 N–H and O–H groups in total. The number of aryl methyl sites for hydroxylation is 6. The smallest absolute Gasteiger partial charge is 0.326 e. The minimum Gasteiger partial charge on any atom is -0.480 e. The van der Waals surface area contributed by atoms with Crippen molar-refractivity contribution in [2.45, 2.75) is 90.7 Å². The van der Waals surface area contributed by atoms with Gasteiger partial charge in [0, 0.05) is 30.1 Å². The summed E-state index contributed by atoms with van der Waals surface area (Å²) in [4.78, 5) is 33.7. The van der Waals surface area contributed by atoms with Crippen LogP contribution < -0.4 is 5.32 Å². The van der Waals surface area contributed by atoms with E-state index in [2.05, 4.69) is 22.4 Å². The maximum Gasteiger partial charge on any atom is 0.326 e. The van der Waals surface area contributed by atoms with E-state index >= 15 is 0 Å². The first-order valence-corrected chi connectivity index (χ1v) is 12.9. The first kappa shape index (κ1) is 25.3.